The van der Waals surface area contributed by atoms with E-state index in [4.69, 9.17) is 9.47 Å². The lowest BCUT2D eigenvalue weighted by molar-refractivity contribution is -0.142. The third-order valence-corrected chi connectivity index (χ3v) is 8.18. The second-order valence-electron chi connectivity index (χ2n) is 13.2. The predicted octanol–water partition coefficient (Wildman–Crippen LogP) is 4.35. The number of esters is 2. The topological polar surface area (TPSA) is 171 Å². The zero-order chi connectivity index (χ0) is 35.4. The molecule has 2 saturated heterocycles. The number of thiazole rings is 1. The van der Waals surface area contributed by atoms with Crippen molar-refractivity contribution in [3.63, 3.8) is 0 Å². The van der Waals surface area contributed by atoms with E-state index < -0.39 is 29.3 Å². The average molecular weight is 683 g/mol. The number of nitrogens with one attached hydrogen (secondary N) is 1. The molecule has 3 heterocycles. The van der Waals surface area contributed by atoms with E-state index in [-0.39, 0.29) is 49.2 Å². The molecule has 3 amide bonds. The first-order valence-corrected chi connectivity index (χ1v) is 16.6. The molecular formula is C32H50N4O10S. The van der Waals surface area contributed by atoms with E-state index in [9.17, 15) is 28.8 Å². The maximum absolute atomic E-state index is 12.3. The van der Waals surface area contributed by atoms with Gasteiger partial charge in [0, 0.05) is 30.6 Å². The number of amides is 3. The summed E-state index contributed by atoms with van der Waals surface area (Å²) >= 11 is 1.55. The molecule has 1 aromatic rings. The standard InChI is InChI=1S/C16H26N2O6.C16H24N2O4S/c1-16(2,3)24-15(22)18-9-5-6-12(18)14(21)17-10-11(19)7-8-13(20)23-4;1-16(2,3)22-15(20)18-9-5-6-12(18)14-17-10-11(23-14)7-8-13(19)21-4/h12H,5-10H2,1-4H3,(H,17,21);10,12H,5-9H2,1-4H3/t2*12-/m00/s1. The van der Waals surface area contributed by atoms with E-state index in [1.807, 2.05) is 20.8 Å². The highest BCUT2D eigenvalue weighted by molar-refractivity contribution is 7.11. The zero-order valence-electron chi connectivity index (χ0n) is 28.8. The van der Waals surface area contributed by atoms with E-state index in [2.05, 4.69) is 19.8 Å². The molecule has 3 rings (SSSR count). The van der Waals surface area contributed by atoms with Gasteiger partial charge in [0.15, 0.2) is 5.78 Å². The predicted molar refractivity (Wildman–Crippen MR) is 173 cm³/mol. The Morgan fingerprint density at radius 3 is 1.98 bits per heavy atom. The molecule has 0 aliphatic carbocycles. The van der Waals surface area contributed by atoms with Gasteiger partial charge in [-0.15, -0.1) is 11.3 Å². The summed E-state index contributed by atoms with van der Waals surface area (Å²) in [5.74, 6) is -1.35. The number of Topliss-reactive ketones (excluding diaryl/α,β-unsaturated/α-hetero) is 1. The van der Waals surface area contributed by atoms with Gasteiger partial charge in [-0.1, -0.05) is 0 Å². The van der Waals surface area contributed by atoms with Crippen LogP contribution in [0.25, 0.3) is 0 Å². The molecule has 0 saturated carbocycles. The summed E-state index contributed by atoms with van der Waals surface area (Å²) in [5.41, 5.74) is -1.14. The summed E-state index contributed by atoms with van der Waals surface area (Å²) in [6, 6.07) is -0.657. The van der Waals surface area contributed by atoms with E-state index in [0.29, 0.717) is 38.8 Å². The molecule has 264 valence electrons. The average Bonchev–Trinajstić information content (AvgIpc) is 3.76. The van der Waals surface area contributed by atoms with Gasteiger partial charge in [-0.3, -0.25) is 29.0 Å². The summed E-state index contributed by atoms with van der Waals surface area (Å²) in [6.45, 7) is 11.8. The number of nitrogens with zero attached hydrogens (tertiary/aromatic N) is 3. The van der Waals surface area contributed by atoms with Gasteiger partial charge in [0.1, 0.15) is 22.3 Å². The molecule has 0 bridgehead atoms. The molecule has 0 aromatic carbocycles. The first kappa shape index (κ1) is 39.4. The van der Waals surface area contributed by atoms with Crippen LogP contribution < -0.4 is 5.32 Å². The SMILES string of the molecule is COC(=O)CCC(=O)CNC(=O)[C@@H]1CCCN1C(=O)OC(C)(C)C.COC(=O)CCc1cnc([C@@H]2CCCN2C(=O)OC(C)(C)C)s1. The van der Waals surface area contributed by atoms with Gasteiger partial charge in [0.25, 0.3) is 0 Å². The number of carbonyl (C=O) groups excluding carboxylic acids is 6. The number of aromatic nitrogens is 1. The number of ether oxygens (including phenoxy) is 4. The van der Waals surface area contributed by atoms with Crippen LogP contribution in [0.5, 0.6) is 0 Å². The third kappa shape index (κ3) is 13.9. The molecule has 2 fully saturated rings. The fraction of sp³-hybridized carbons (Fsp3) is 0.719. The Kier molecular flexibility index (Phi) is 15.1. The molecule has 2 aliphatic heterocycles. The molecule has 0 spiro atoms. The fourth-order valence-corrected chi connectivity index (χ4v) is 5.86. The van der Waals surface area contributed by atoms with E-state index in [0.717, 1.165) is 22.7 Å². The van der Waals surface area contributed by atoms with Gasteiger partial charge >= 0.3 is 24.1 Å². The van der Waals surface area contributed by atoms with Gasteiger partial charge < -0.3 is 24.3 Å². The van der Waals surface area contributed by atoms with Crippen molar-refractivity contribution in [2.75, 3.05) is 33.9 Å². The maximum Gasteiger partial charge on any atom is 0.410 e. The normalized spacial score (nSPS) is 17.7. The highest BCUT2D eigenvalue weighted by Gasteiger charge is 2.37. The van der Waals surface area contributed by atoms with Gasteiger partial charge in [-0.25, -0.2) is 14.6 Å². The number of likely N-dealkylation sites (tertiary alicyclic amines) is 2. The van der Waals surface area contributed by atoms with Crippen LogP contribution in [0.4, 0.5) is 9.59 Å². The Morgan fingerprint density at radius 2 is 1.38 bits per heavy atom. The number of carbonyl (C=O) groups is 6. The van der Waals surface area contributed by atoms with Crippen molar-refractivity contribution in [2.45, 2.75) is 116 Å². The van der Waals surface area contributed by atoms with Crippen molar-refractivity contribution in [3.05, 3.63) is 16.1 Å². The minimum atomic E-state index is -0.634. The molecule has 15 heteroatoms. The first-order chi connectivity index (χ1) is 21.9. The molecule has 0 radical (unpaired) electrons. The second kappa shape index (κ2) is 18.0. The van der Waals surface area contributed by atoms with Crippen molar-refractivity contribution in [2.24, 2.45) is 0 Å². The number of hydrogen-bond donors (Lipinski definition) is 1. The lowest BCUT2D eigenvalue weighted by atomic mass is 10.2. The van der Waals surface area contributed by atoms with Crippen LogP contribution in [0.2, 0.25) is 0 Å². The van der Waals surface area contributed by atoms with Gasteiger partial charge in [0.05, 0.1) is 39.6 Å². The summed E-state index contributed by atoms with van der Waals surface area (Å²) in [5, 5.41) is 3.43. The minimum Gasteiger partial charge on any atom is -0.469 e. The number of hydrogen-bond acceptors (Lipinski definition) is 12. The second-order valence-corrected chi connectivity index (χ2v) is 14.4. The van der Waals surface area contributed by atoms with Crippen LogP contribution in [-0.4, -0.2) is 102 Å². The van der Waals surface area contributed by atoms with Crippen molar-refractivity contribution in [3.8, 4) is 0 Å². The van der Waals surface area contributed by atoms with Gasteiger partial charge in [-0.05, 0) is 73.6 Å². The van der Waals surface area contributed by atoms with Crippen LogP contribution in [0.15, 0.2) is 6.20 Å². The van der Waals surface area contributed by atoms with Crippen molar-refractivity contribution in [1.29, 1.82) is 0 Å². The molecule has 2 atom stereocenters. The number of rotatable bonds is 10. The van der Waals surface area contributed by atoms with Crippen LogP contribution in [0.1, 0.15) is 102 Å². The lowest BCUT2D eigenvalue weighted by Crippen LogP contribution is -2.48. The molecule has 2 aliphatic rings. The molecule has 47 heavy (non-hydrogen) atoms. The summed E-state index contributed by atoms with van der Waals surface area (Å²) in [7, 11) is 2.64. The maximum atomic E-state index is 12.3. The van der Waals surface area contributed by atoms with Crippen molar-refractivity contribution >= 4 is 47.2 Å². The molecule has 0 unspecified atom stereocenters. The fourth-order valence-electron chi connectivity index (χ4n) is 4.80. The highest BCUT2D eigenvalue weighted by atomic mass is 32.1. The van der Waals surface area contributed by atoms with Crippen LogP contribution in [0, 0.1) is 0 Å². The Hall–Kier alpha value is -3.75. The third-order valence-electron chi connectivity index (χ3n) is 7.02. The smallest absolute Gasteiger partial charge is 0.410 e. The van der Waals surface area contributed by atoms with Crippen LogP contribution in [-0.2, 0) is 44.5 Å². The van der Waals surface area contributed by atoms with E-state index >= 15 is 0 Å². The van der Waals surface area contributed by atoms with Gasteiger partial charge in [0.2, 0.25) is 5.91 Å². The van der Waals surface area contributed by atoms with E-state index in [1.165, 1.54) is 19.1 Å². The highest BCUT2D eigenvalue weighted by Crippen LogP contribution is 2.35. The van der Waals surface area contributed by atoms with Crippen molar-refractivity contribution in [1.82, 2.24) is 20.1 Å². The van der Waals surface area contributed by atoms with E-state index in [1.54, 1.807) is 43.2 Å². The monoisotopic (exact) mass is 682 g/mol. The molecule has 14 nitrogen and oxygen atoms in total. The lowest BCUT2D eigenvalue weighted by Gasteiger charge is -2.28. The molecule has 1 aromatic heterocycles. The quantitative estimate of drug-likeness (QED) is 0.275. The minimum absolute atomic E-state index is 0.00734. The zero-order valence-corrected chi connectivity index (χ0v) is 29.7. The Bertz CT molecular complexity index is 1250. The molecular weight excluding hydrogens is 632 g/mol. The van der Waals surface area contributed by atoms with Crippen LogP contribution in [0.3, 0.4) is 0 Å². The molecule has 1 N–H and O–H groups in total. The Balaban J connectivity index is 0.000000327. The summed E-state index contributed by atoms with van der Waals surface area (Å²) < 4.78 is 19.9. The number of aryl methyl sites for hydroxylation is 1. The Morgan fingerprint density at radius 1 is 0.830 bits per heavy atom. The summed E-state index contributed by atoms with van der Waals surface area (Å²) in [6.07, 6.45) is 4.99. The number of ketones is 1. The first-order valence-electron chi connectivity index (χ1n) is 15.8. The largest absolute Gasteiger partial charge is 0.469 e. The summed E-state index contributed by atoms with van der Waals surface area (Å²) in [4.78, 5) is 79.1. The van der Waals surface area contributed by atoms with Crippen LogP contribution >= 0.6 is 11.3 Å². The van der Waals surface area contributed by atoms with Crippen molar-refractivity contribution < 1.29 is 47.7 Å². The Labute approximate surface area is 280 Å². The van der Waals surface area contributed by atoms with Gasteiger partial charge in [-0.2, -0.15) is 0 Å². The number of methoxy groups -OCH3 is 2.